The molecule has 0 amide bonds. The van der Waals surface area contributed by atoms with E-state index in [0.29, 0.717) is 11.6 Å². The van der Waals surface area contributed by atoms with Gasteiger partial charge in [-0.05, 0) is 25.3 Å². The third-order valence-electron chi connectivity index (χ3n) is 5.83. The van der Waals surface area contributed by atoms with Gasteiger partial charge in [-0.15, -0.1) is 0 Å². The molecule has 12 nitrogen and oxygen atoms in total. The Kier molecular flexibility index (Phi) is 7.62. The van der Waals surface area contributed by atoms with Crippen LogP contribution in [0.25, 0.3) is 10.8 Å². The number of aliphatic hydroxyl groups is 1. The van der Waals surface area contributed by atoms with E-state index in [1.165, 1.54) is 13.8 Å². The summed E-state index contributed by atoms with van der Waals surface area (Å²) < 4.78 is 45.4. The number of benzene rings is 2. The van der Waals surface area contributed by atoms with E-state index in [0.717, 1.165) is 9.95 Å². The van der Waals surface area contributed by atoms with Crippen molar-refractivity contribution in [2.75, 3.05) is 0 Å². The highest BCUT2D eigenvalue weighted by Crippen LogP contribution is 2.49. The quantitative estimate of drug-likeness (QED) is 0.297. The van der Waals surface area contributed by atoms with Gasteiger partial charge in [0.15, 0.2) is 0 Å². The Labute approximate surface area is 209 Å². The van der Waals surface area contributed by atoms with Crippen molar-refractivity contribution in [3.63, 3.8) is 0 Å². The summed E-state index contributed by atoms with van der Waals surface area (Å²) in [5.41, 5.74) is -2.14. The SMILES string of the molecule is C[C@H](N[P@](=O)(Oc1cccc2ccccc12)O[C@H](C)[C@H]1O[C@@H](n2cc(F)c(=O)[nH]c2=O)C[C@@H]1O)C(=O)O. The molecule has 0 bridgehead atoms. The minimum atomic E-state index is -4.40. The van der Waals surface area contributed by atoms with Crippen molar-refractivity contribution in [2.24, 2.45) is 0 Å². The lowest BCUT2D eigenvalue weighted by Crippen LogP contribution is -2.39. The van der Waals surface area contributed by atoms with Gasteiger partial charge in [0.2, 0.25) is 5.82 Å². The van der Waals surface area contributed by atoms with Crippen LogP contribution in [0.15, 0.2) is 58.3 Å². The smallest absolute Gasteiger partial charge is 0.459 e. The van der Waals surface area contributed by atoms with Crippen LogP contribution in [0.2, 0.25) is 0 Å². The Balaban J connectivity index is 1.59. The van der Waals surface area contributed by atoms with Crippen LogP contribution in [0.4, 0.5) is 4.39 Å². The van der Waals surface area contributed by atoms with E-state index in [2.05, 4.69) is 5.09 Å². The van der Waals surface area contributed by atoms with Gasteiger partial charge in [0.05, 0.1) is 18.4 Å². The second kappa shape index (κ2) is 10.6. The van der Waals surface area contributed by atoms with E-state index in [1.807, 2.05) is 23.2 Å². The highest BCUT2D eigenvalue weighted by molar-refractivity contribution is 7.52. The summed E-state index contributed by atoms with van der Waals surface area (Å²) in [5.74, 6) is -2.36. The average Bonchev–Trinajstić information content (AvgIpc) is 3.22. The van der Waals surface area contributed by atoms with E-state index in [4.69, 9.17) is 13.8 Å². The van der Waals surface area contributed by atoms with Gasteiger partial charge in [-0.2, -0.15) is 9.48 Å². The van der Waals surface area contributed by atoms with Gasteiger partial charge in [0, 0.05) is 11.8 Å². The summed E-state index contributed by atoms with van der Waals surface area (Å²) in [6.07, 6.45) is -4.23. The fraction of sp³-hybridized carbons (Fsp3) is 0.348. The largest absolute Gasteiger partial charge is 0.480 e. The number of carbonyl (C=O) groups is 1. The molecule has 1 aromatic heterocycles. The number of aliphatic carboxylic acids is 1. The number of aromatic amines is 1. The van der Waals surface area contributed by atoms with Crippen LogP contribution < -0.4 is 20.9 Å². The number of ether oxygens (including phenoxy) is 1. The molecule has 4 rings (SSSR count). The number of nitrogens with zero attached hydrogens (tertiary/aromatic N) is 1. The Bertz CT molecular complexity index is 1470. The number of hydrogen-bond donors (Lipinski definition) is 4. The molecule has 0 radical (unpaired) electrons. The van der Waals surface area contributed by atoms with Crippen molar-refractivity contribution >= 4 is 24.5 Å². The van der Waals surface area contributed by atoms with Gasteiger partial charge in [-0.1, -0.05) is 36.4 Å². The van der Waals surface area contributed by atoms with Crippen LogP contribution in [0.5, 0.6) is 5.75 Å². The van der Waals surface area contributed by atoms with E-state index in [9.17, 15) is 33.6 Å². The second-order valence-corrected chi connectivity index (χ2v) is 10.2. The van der Waals surface area contributed by atoms with Gasteiger partial charge >= 0.3 is 19.4 Å². The number of H-pyrrole nitrogens is 1. The van der Waals surface area contributed by atoms with Crippen LogP contribution in [0, 0.1) is 5.82 Å². The first-order chi connectivity index (χ1) is 17.5. The molecule has 0 unspecified atom stereocenters. The Morgan fingerprint density at radius 1 is 1.24 bits per heavy atom. The molecule has 4 N–H and O–H groups in total. The lowest BCUT2D eigenvalue weighted by molar-refractivity contribution is -0.138. The molecule has 2 aromatic carbocycles. The van der Waals surface area contributed by atoms with Crippen LogP contribution in [0.3, 0.4) is 0 Å². The zero-order valence-corrected chi connectivity index (χ0v) is 20.6. The van der Waals surface area contributed by atoms with Gasteiger partial charge in [-0.3, -0.25) is 23.7 Å². The normalized spacial score (nSPS) is 22.9. The number of aliphatic hydroxyl groups excluding tert-OH is 1. The minimum Gasteiger partial charge on any atom is -0.480 e. The molecular formula is C23H25FN3O9P. The summed E-state index contributed by atoms with van der Waals surface area (Å²) in [5, 5.41) is 23.7. The van der Waals surface area contributed by atoms with E-state index in [1.54, 1.807) is 24.3 Å². The fourth-order valence-corrected chi connectivity index (χ4v) is 5.72. The zero-order chi connectivity index (χ0) is 26.9. The highest BCUT2D eigenvalue weighted by Gasteiger charge is 2.43. The highest BCUT2D eigenvalue weighted by atomic mass is 31.2. The first-order valence-electron chi connectivity index (χ1n) is 11.3. The number of hydrogen-bond acceptors (Lipinski definition) is 8. The Morgan fingerprint density at radius 2 is 1.95 bits per heavy atom. The number of halogens is 1. The van der Waals surface area contributed by atoms with Crippen molar-refractivity contribution in [1.29, 1.82) is 0 Å². The molecule has 6 atom stereocenters. The Morgan fingerprint density at radius 3 is 2.68 bits per heavy atom. The minimum absolute atomic E-state index is 0.166. The second-order valence-electron chi connectivity index (χ2n) is 8.57. The molecular weight excluding hydrogens is 512 g/mol. The summed E-state index contributed by atoms with van der Waals surface area (Å²) in [6, 6.07) is 10.8. The number of nitrogens with one attached hydrogen (secondary N) is 2. The molecule has 1 saturated heterocycles. The molecule has 1 aliphatic heterocycles. The van der Waals surface area contributed by atoms with Crippen molar-refractivity contribution in [1.82, 2.24) is 14.6 Å². The van der Waals surface area contributed by atoms with Crippen LogP contribution in [-0.2, 0) is 18.6 Å². The molecule has 1 fully saturated rings. The average molecular weight is 537 g/mol. The molecule has 0 saturated carbocycles. The van der Waals surface area contributed by atoms with Crippen molar-refractivity contribution in [2.45, 2.75) is 50.8 Å². The number of fused-ring (bicyclic) bond motifs is 1. The molecule has 1 aliphatic rings. The van der Waals surface area contributed by atoms with Crippen molar-refractivity contribution < 1.29 is 37.7 Å². The first-order valence-corrected chi connectivity index (χ1v) is 12.8. The summed E-state index contributed by atoms with van der Waals surface area (Å²) in [4.78, 5) is 36.7. The molecule has 14 heteroatoms. The van der Waals surface area contributed by atoms with Gasteiger partial charge in [0.25, 0.3) is 5.56 Å². The molecule has 0 spiro atoms. The van der Waals surface area contributed by atoms with Crippen LogP contribution >= 0.6 is 7.75 Å². The third kappa shape index (κ3) is 5.81. The van der Waals surface area contributed by atoms with Crippen LogP contribution in [0.1, 0.15) is 26.5 Å². The third-order valence-corrected chi connectivity index (χ3v) is 7.58. The predicted molar refractivity (Wildman–Crippen MR) is 129 cm³/mol. The molecule has 2 heterocycles. The summed E-state index contributed by atoms with van der Waals surface area (Å²) in [6.45, 7) is 2.67. The molecule has 198 valence electrons. The lowest BCUT2D eigenvalue weighted by atomic mass is 10.1. The predicted octanol–water partition coefficient (Wildman–Crippen LogP) is 2.13. The molecule has 37 heavy (non-hydrogen) atoms. The van der Waals surface area contributed by atoms with E-state index < -0.39 is 61.4 Å². The van der Waals surface area contributed by atoms with Gasteiger partial charge < -0.3 is 19.5 Å². The van der Waals surface area contributed by atoms with Crippen molar-refractivity contribution in [3.8, 4) is 5.75 Å². The number of carboxylic acid groups (broad SMARTS) is 1. The maximum Gasteiger partial charge on any atom is 0.459 e. The molecule has 0 aliphatic carbocycles. The fourth-order valence-electron chi connectivity index (χ4n) is 4.00. The Hall–Kier alpha value is -3.35. The van der Waals surface area contributed by atoms with Gasteiger partial charge in [0.1, 0.15) is 24.1 Å². The lowest BCUT2D eigenvalue weighted by Gasteiger charge is -2.28. The van der Waals surface area contributed by atoms with E-state index in [-0.39, 0.29) is 12.2 Å². The van der Waals surface area contributed by atoms with Crippen molar-refractivity contribution in [3.05, 3.63) is 75.3 Å². The monoisotopic (exact) mass is 537 g/mol. The first kappa shape index (κ1) is 26.7. The number of rotatable bonds is 9. The maximum atomic E-state index is 13.8. The van der Waals surface area contributed by atoms with Gasteiger partial charge in [-0.25, -0.2) is 9.36 Å². The topological polar surface area (TPSA) is 169 Å². The van der Waals surface area contributed by atoms with Crippen LogP contribution in [-0.4, -0.2) is 50.1 Å². The summed E-state index contributed by atoms with van der Waals surface area (Å²) in [7, 11) is -4.40. The molecule has 3 aromatic rings. The maximum absolute atomic E-state index is 13.8. The standard InChI is InChI=1S/C23H25FN3O9P/c1-12(22(30)31)26-37(33,36-18-9-5-7-14-6-3-4-8-15(14)18)35-13(2)20-17(28)10-19(34-20)27-11-16(24)21(29)25-23(27)32/h3-9,11-13,17,19-20,28H,10H2,1-2H3,(H,26,33)(H,30,31)(H,25,29,32)/t12-,13+,17-,19+,20+,37+/m0/s1. The summed E-state index contributed by atoms with van der Waals surface area (Å²) >= 11 is 0. The van der Waals surface area contributed by atoms with E-state index >= 15 is 0 Å². The number of aromatic nitrogens is 2. The zero-order valence-electron chi connectivity index (χ0n) is 19.7. The number of carboxylic acids is 1.